The lowest BCUT2D eigenvalue weighted by atomic mass is 9.98. The highest BCUT2D eigenvalue weighted by Gasteiger charge is 2.35. The Morgan fingerprint density at radius 1 is 1.21 bits per heavy atom. The zero-order valence-corrected chi connectivity index (χ0v) is 19.9. The summed E-state index contributed by atoms with van der Waals surface area (Å²) in [4.78, 5) is 5.00. The van der Waals surface area contributed by atoms with Crippen molar-refractivity contribution < 1.29 is 13.2 Å². The molecule has 3 aromatic rings. The predicted octanol–water partition coefficient (Wildman–Crippen LogP) is 7.49. The van der Waals surface area contributed by atoms with Gasteiger partial charge in [-0.15, -0.1) is 11.7 Å². The maximum absolute atomic E-state index is 13.9. The number of aromatic amines is 1. The van der Waals surface area contributed by atoms with Gasteiger partial charge in [-0.2, -0.15) is 18.2 Å². The lowest BCUT2D eigenvalue weighted by Gasteiger charge is -2.20. The van der Waals surface area contributed by atoms with Crippen LogP contribution in [-0.4, -0.2) is 32.6 Å². The number of anilines is 2. The Kier molecular flexibility index (Phi) is 8.45. The SMILES string of the molecule is C=CCCN(CCC)Sc1ccc(-c2c(Cl)cc(Nc3n[nH]c(C)n3)cc2C(F)(F)F)cc1. The van der Waals surface area contributed by atoms with E-state index in [-0.39, 0.29) is 22.2 Å². The van der Waals surface area contributed by atoms with Crippen molar-refractivity contribution in [3.63, 3.8) is 0 Å². The van der Waals surface area contributed by atoms with Gasteiger partial charge in [0.05, 0.1) is 10.6 Å². The number of nitrogens with one attached hydrogen (secondary N) is 2. The molecule has 0 amide bonds. The minimum atomic E-state index is -4.60. The predicted molar refractivity (Wildman–Crippen MR) is 129 cm³/mol. The number of halogens is 4. The van der Waals surface area contributed by atoms with E-state index in [1.54, 1.807) is 31.0 Å². The van der Waals surface area contributed by atoms with E-state index < -0.39 is 11.7 Å². The van der Waals surface area contributed by atoms with Gasteiger partial charge in [-0.3, -0.25) is 5.10 Å². The molecule has 0 aliphatic heterocycles. The third-order valence-corrected chi connectivity index (χ3v) is 6.09. The Labute approximate surface area is 200 Å². The molecule has 33 heavy (non-hydrogen) atoms. The second-order valence-corrected chi connectivity index (χ2v) is 8.95. The highest BCUT2D eigenvalue weighted by atomic mass is 35.5. The number of alkyl halides is 3. The quantitative estimate of drug-likeness (QED) is 0.225. The summed E-state index contributed by atoms with van der Waals surface area (Å²) in [6.45, 7) is 9.32. The molecule has 0 aliphatic carbocycles. The smallest absolute Gasteiger partial charge is 0.323 e. The Morgan fingerprint density at radius 3 is 2.52 bits per heavy atom. The summed E-state index contributed by atoms with van der Waals surface area (Å²) in [7, 11) is 0. The lowest BCUT2D eigenvalue weighted by molar-refractivity contribution is -0.137. The van der Waals surface area contributed by atoms with E-state index in [4.69, 9.17) is 11.6 Å². The molecule has 0 saturated carbocycles. The molecule has 10 heteroatoms. The molecular formula is C23H25ClF3N5S. The second-order valence-electron chi connectivity index (χ2n) is 7.37. The molecule has 0 saturated heterocycles. The van der Waals surface area contributed by atoms with Crippen LogP contribution in [0.1, 0.15) is 31.2 Å². The van der Waals surface area contributed by atoms with E-state index in [0.29, 0.717) is 11.4 Å². The summed E-state index contributed by atoms with van der Waals surface area (Å²) in [6, 6.07) is 9.43. The van der Waals surface area contributed by atoms with Crippen molar-refractivity contribution in [3.05, 3.63) is 65.5 Å². The normalized spacial score (nSPS) is 11.7. The molecule has 5 nitrogen and oxygen atoms in total. The Morgan fingerprint density at radius 2 is 1.94 bits per heavy atom. The van der Waals surface area contributed by atoms with Crippen LogP contribution >= 0.6 is 23.5 Å². The van der Waals surface area contributed by atoms with E-state index in [1.165, 1.54) is 6.07 Å². The molecule has 0 fully saturated rings. The number of rotatable bonds is 10. The largest absolute Gasteiger partial charge is 0.417 e. The van der Waals surface area contributed by atoms with E-state index in [2.05, 4.69) is 38.3 Å². The van der Waals surface area contributed by atoms with Crippen molar-refractivity contribution in [3.8, 4) is 11.1 Å². The molecule has 0 unspecified atom stereocenters. The lowest BCUT2D eigenvalue weighted by Crippen LogP contribution is -2.17. The van der Waals surface area contributed by atoms with Gasteiger partial charge in [-0.05, 0) is 61.5 Å². The van der Waals surface area contributed by atoms with Gasteiger partial charge in [-0.25, -0.2) is 4.31 Å². The first-order valence-electron chi connectivity index (χ1n) is 10.4. The van der Waals surface area contributed by atoms with Gasteiger partial charge in [0.25, 0.3) is 0 Å². The Hall–Kier alpha value is -2.49. The number of aryl methyl sites for hydroxylation is 1. The van der Waals surface area contributed by atoms with Gasteiger partial charge >= 0.3 is 6.18 Å². The van der Waals surface area contributed by atoms with Crippen LogP contribution in [0.4, 0.5) is 24.8 Å². The number of H-pyrrole nitrogens is 1. The van der Waals surface area contributed by atoms with Crippen molar-refractivity contribution in [2.45, 2.75) is 37.8 Å². The molecule has 1 heterocycles. The summed E-state index contributed by atoms with van der Waals surface area (Å²) in [5, 5.41) is 9.28. The topological polar surface area (TPSA) is 56.8 Å². The fraction of sp³-hybridized carbons (Fsp3) is 0.304. The van der Waals surface area contributed by atoms with Crippen LogP contribution in [0.2, 0.25) is 5.02 Å². The highest BCUT2D eigenvalue weighted by Crippen LogP contribution is 2.43. The van der Waals surface area contributed by atoms with Crippen LogP contribution in [0.25, 0.3) is 11.1 Å². The van der Waals surface area contributed by atoms with Gasteiger partial charge in [-0.1, -0.05) is 36.7 Å². The van der Waals surface area contributed by atoms with Crippen LogP contribution in [0.5, 0.6) is 0 Å². The van der Waals surface area contributed by atoms with E-state index in [9.17, 15) is 13.2 Å². The first-order chi connectivity index (χ1) is 15.7. The van der Waals surface area contributed by atoms with Crippen LogP contribution in [-0.2, 0) is 6.18 Å². The number of hydrogen-bond donors (Lipinski definition) is 2. The van der Waals surface area contributed by atoms with Crippen LogP contribution in [0.3, 0.4) is 0 Å². The molecule has 1 aromatic heterocycles. The molecule has 3 rings (SSSR count). The fourth-order valence-electron chi connectivity index (χ4n) is 3.24. The summed E-state index contributed by atoms with van der Waals surface area (Å²) < 4.78 is 44.1. The average Bonchev–Trinajstić information content (AvgIpc) is 3.16. The fourth-order valence-corrected chi connectivity index (χ4v) is 4.60. The molecule has 2 aromatic carbocycles. The summed E-state index contributed by atoms with van der Waals surface area (Å²) in [5.41, 5.74) is -0.344. The number of benzene rings is 2. The van der Waals surface area contributed by atoms with Crippen molar-refractivity contribution in [1.82, 2.24) is 19.5 Å². The number of nitrogens with zero attached hydrogens (tertiary/aromatic N) is 3. The van der Waals surface area contributed by atoms with E-state index >= 15 is 0 Å². The van der Waals surface area contributed by atoms with E-state index in [0.717, 1.165) is 36.9 Å². The third kappa shape index (κ3) is 6.75. The maximum atomic E-state index is 13.9. The van der Waals surface area contributed by atoms with Crippen LogP contribution < -0.4 is 5.32 Å². The van der Waals surface area contributed by atoms with Gasteiger partial charge in [0.15, 0.2) is 0 Å². The van der Waals surface area contributed by atoms with Crippen LogP contribution in [0, 0.1) is 6.92 Å². The molecule has 0 atom stereocenters. The molecular weight excluding hydrogens is 471 g/mol. The Balaban J connectivity index is 1.90. The van der Waals surface area contributed by atoms with Gasteiger partial charge < -0.3 is 5.32 Å². The van der Waals surface area contributed by atoms with Gasteiger partial charge in [0.2, 0.25) is 5.95 Å². The minimum Gasteiger partial charge on any atom is -0.323 e. The monoisotopic (exact) mass is 495 g/mol. The summed E-state index contributed by atoms with van der Waals surface area (Å²) in [6.07, 6.45) is -0.861. The zero-order valence-electron chi connectivity index (χ0n) is 18.3. The zero-order chi connectivity index (χ0) is 24.0. The van der Waals surface area contributed by atoms with Crippen molar-refractivity contribution in [2.75, 3.05) is 18.4 Å². The van der Waals surface area contributed by atoms with E-state index in [1.807, 2.05) is 18.2 Å². The third-order valence-electron chi connectivity index (χ3n) is 4.68. The second kappa shape index (κ2) is 11.1. The highest BCUT2D eigenvalue weighted by molar-refractivity contribution is 7.97. The molecule has 0 aliphatic rings. The molecule has 0 spiro atoms. The first kappa shape index (κ1) is 25.1. The molecule has 2 N–H and O–H groups in total. The molecule has 176 valence electrons. The van der Waals surface area contributed by atoms with Crippen molar-refractivity contribution in [1.29, 1.82) is 0 Å². The van der Waals surface area contributed by atoms with Gasteiger partial charge in [0.1, 0.15) is 5.82 Å². The molecule has 0 bridgehead atoms. The standard InChI is InChI=1S/C23H25ClF3N5S/c1-4-6-12-32(11-5-2)33-18-9-7-16(8-10-18)21-19(23(25,26)27)13-17(14-20(21)24)29-22-28-15(3)30-31-22/h4,7-10,13-14H,1,5-6,11-12H2,2-3H3,(H2,28,29,30,31). The summed E-state index contributed by atoms with van der Waals surface area (Å²) in [5.74, 6) is 0.704. The molecule has 0 radical (unpaired) electrons. The first-order valence-corrected chi connectivity index (χ1v) is 11.6. The average molecular weight is 496 g/mol. The summed E-state index contributed by atoms with van der Waals surface area (Å²) >= 11 is 7.94. The number of aromatic nitrogens is 3. The van der Waals surface area contributed by atoms with Gasteiger partial charge in [0, 0.05) is 29.2 Å². The maximum Gasteiger partial charge on any atom is 0.417 e. The van der Waals surface area contributed by atoms with Crippen molar-refractivity contribution >= 4 is 35.2 Å². The van der Waals surface area contributed by atoms with Crippen LogP contribution in [0.15, 0.2) is 53.9 Å². The minimum absolute atomic E-state index is 0.0152. The van der Waals surface area contributed by atoms with Crippen molar-refractivity contribution in [2.24, 2.45) is 0 Å². The Bertz CT molecular complexity index is 1080. The number of hydrogen-bond acceptors (Lipinski definition) is 5.